The minimum Gasteiger partial charge on any atom is -0.384 e. The van der Waals surface area contributed by atoms with Gasteiger partial charge in [0.25, 0.3) is 0 Å². The lowest BCUT2D eigenvalue weighted by atomic mass is 9.97. The van der Waals surface area contributed by atoms with Gasteiger partial charge in [0, 0.05) is 13.3 Å². The number of methoxy groups -OCH3 is 1. The monoisotopic (exact) mass is 272 g/mol. The summed E-state index contributed by atoms with van der Waals surface area (Å²) in [6.45, 7) is 0. The number of hydrazine groups is 1. The molecular formula is C15H20N4O. The molecule has 2 atom stereocenters. The Labute approximate surface area is 118 Å². The van der Waals surface area contributed by atoms with Gasteiger partial charge in [0.15, 0.2) is 0 Å². The Hall–Kier alpha value is -1.95. The van der Waals surface area contributed by atoms with Gasteiger partial charge in [-0.15, -0.1) is 0 Å². The number of pyridine rings is 1. The van der Waals surface area contributed by atoms with Gasteiger partial charge in [0.05, 0.1) is 12.1 Å². The molecule has 1 heterocycles. The van der Waals surface area contributed by atoms with E-state index in [1.165, 1.54) is 0 Å². The van der Waals surface area contributed by atoms with Crippen molar-refractivity contribution in [1.82, 2.24) is 10.4 Å². The maximum absolute atomic E-state index is 5.70. The third kappa shape index (κ3) is 3.54. The predicted molar refractivity (Wildman–Crippen MR) is 79.7 cm³/mol. The molecule has 0 aliphatic carbocycles. The van der Waals surface area contributed by atoms with Gasteiger partial charge in [-0.2, -0.15) is 0 Å². The van der Waals surface area contributed by atoms with Crippen LogP contribution in [0.4, 0.5) is 5.82 Å². The van der Waals surface area contributed by atoms with Crippen LogP contribution in [0.5, 0.6) is 0 Å². The minimum atomic E-state index is -0.129. The van der Waals surface area contributed by atoms with Crippen molar-refractivity contribution in [2.75, 3.05) is 12.8 Å². The summed E-state index contributed by atoms with van der Waals surface area (Å²) in [6, 6.07) is 13.7. The Morgan fingerprint density at radius 2 is 2.00 bits per heavy atom. The molecule has 0 fully saturated rings. The normalized spacial score (nSPS) is 13.9. The highest BCUT2D eigenvalue weighted by molar-refractivity contribution is 5.32. The van der Waals surface area contributed by atoms with E-state index in [2.05, 4.69) is 10.4 Å². The van der Waals surface area contributed by atoms with Crippen LogP contribution in [0.2, 0.25) is 0 Å². The summed E-state index contributed by atoms with van der Waals surface area (Å²) in [5.41, 5.74) is 10.7. The maximum atomic E-state index is 5.70. The van der Waals surface area contributed by atoms with E-state index in [0.717, 1.165) is 11.1 Å². The number of nitrogens with one attached hydrogen (secondary N) is 1. The van der Waals surface area contributed by atoms with Crippen LogP contribution < -0.4 is 17.0 Å². The second-order valence-corrected chi connectivity index (χ2v) is 4.63. The molecular weight excluding hydrogens is 252 g/mol. The van der Waals surface area contributed by atoms with Gasteiger partial charge in [-0.05, 0) is 29.7 Å². The molecule has 0 saturated heterocycles. The minimum absolute atomic E-state index is 0.0517. The van der Waals surface area contributed by atoms with Crippen LogP contribution in [-0.2, 0) is 11.2 Å². The van der Waals surface area contributed by atoms with Gasteiger partial charge >= 0.3 is 0 Å². The molecule has 0 bridgehead atoms. The third-order valence-electron chi connectivity index (χ3n) is 3.26. The van der Waals surface area contributed by atoms with Crippen molar-refractivity contribution < 1.29 is 4.74 Å². The highest BCUT2D eigenvalue weighted by Crippen LogP contribution is 2.22. The van der Waals surface area contributed by atoms with Crippen molar-refractivity contribution in [3.63, 3.8) is 0 Å². The fourth-order valence-electron chi connectivity index (χ4n) is 2.30. The van der Waals surface area contributed by atoms with Crippen molar-refractivity contribution in [1.29, 1.82) is 0 Å². The molecule has 5 nitrogen and oxygen atoms in total. The fourth-order valence-corrected chi connectivity index (χ4v) is 2.30. The summed E-state index contributed by atoms with van der Waals surface area (Å²) >= 11 is 0. The molecule has 0 saturated carbocycles. The molecule has 0 amide bonds. The molecule has 5 N–H and O–H groups in total. The Kier molecular flexibility index (Phi) is 5.06. The maximum Gasteiger partial charge on any atom is 0.123 e. The lowest BCUT2D eigenvalue weighted by Gasteiger charge is -2.26. The molecule has 5 heteroatoms. The lowest BCUT2D eigenvalue weighted by Crippen LogP contribution is -2.42. The molecule has 106 valence electrons. The van der Waals surface area contributed by atoms with E-state index in [4.69, 9.17) is 16.3 Å². The molecule has 20 heavy (non-hydrogen) atoms. The molecule has 1 aromatic carbocycles. The Bertz CT molecular complexity index is 532. The fraction of sp³-hybridized carbons (Fsp3) is 0.267. The number of nitrogens with zero attached hydrogens (tertiary/aromatic N) is 1. The molecule has 1 aromatic heterocycles. The van der Waals surface area contributed by atoms with E-state index in [1.807, 2.05) is 42.5 Å². The highest BCUT2D eigenvalue weighted by Gasteiger charge is 2.22. The van der Waals surface area contributed by atoms with E-state index >= 15 is 0 Å². The molecule has 2 aromatic rings. The summed E-state index contributed by atoms with van der Waals surface area (Å²) in [7, 11) is 1.68. The number of nitrogen functional groups attached to an aromatic ring is 1. The van der Waals surface area contributed by atoms with E-state index in [-0.39, 0.29) is 12.1 Å². The van der Waals surface area contributed by atoms with Crippen LogP contribution in [0.25, 0.3) is 0 Å². The number of rotatable bonds is 6. The first-order chi connectivity index (χ1) is 9.74. The standard InChI is InChI=1S/C15H20N4O/c1-20-15(12-5-3-2-4-6-12)13(19-17)9-11-7-8-18-14(16)10-11/h2-8,10,13,15,19H,9,17H2,1H3,(H2,16,18). The first kappa shape index (κ1) is 14.5. The third-order valence-corrected chi connectivity index (χ3v) is 3.26. The highest BCUT2D eigenvalue weighted by atomic mass is 16.5. The molecule has 2 rings (SSSR count). The number of nitrogens with two attached hydrogens (primary N) is 2. The van der Waals surface area contributed by atoms with Crippen molar-refractivity contribution in [2.24, 2.45) is 5.84 Å². The van der Waals surface area contributed by atoms with Crippen LogP contribution >= 0.6 is 0 Å². The number of ether oxygens (including phenoxy) is 1. The van der Waals surface area contributed by atoms with Gasteiger partial charge < -0.3 is 10.5 Å². The van der Waals surface area contributed by atoms with E-state index < -0.39 is 0 Å². The second kappa shape index (κ2) is 7.00. The molecule has 0 aliphatic rings. The van der Waals surface area contributed by atoms with Crippen LogP contribution in [-0.4, -0.2) is 18.1 Å². The average molecular weight is 272 g/mol. The van der Waals surface area contributed by atoms with Gasteiger partial charge in [-0.3, -0.25) is 11.3 Å². The number of hydrogen-bond acceptors (Lipinski definition) is 5. The molecule has 0 spiro atoms. The largest absolute Gasteiger partial charge is 0.384 e. The van der Waals surface area contributed by atoms with Crippen LogP contribution in [0.3, 0.4) is 0 Å². The van der Waals surface area contributed by atoms with Crippen LogP contribution in [0.15, 0.2) is 48.7 Å². The van der Waals surface area contributed by atoms with Gasteiger partial charge in [-0.1, -0.05) is 30.3 Å². The van der Waals surface area contributed by atoms with Crippen molar-refractivity contribution in [3.05, 3.63) is 59.8 Å². The Morgan fingerprint density at radius 1 is 1.25 bits per heavy atom. The van der Waals surface area contributed by atoms with Crippen molar-refractivity contribution in [3.8, 4) is 0 Å². The quantitative estimate of drug-likeness (QED) is 0.547. The zero-order chi connectivity index (χ0) is 14.4. The molecule has 0 aliphatic heterocycles. The summed E-state index contributed by atoms with van der Waals surface area (Å²) in [4.78, 5) is 3.99. The van der Waals surface area contributed by atoms with Gasteiger partial charge in [-0.25, -0.2) is 4.98 Å². The zero-order valence-electron chi connectivity index (χ0n) is 11.5. The van der Waals surface area contributed by atoms with Crippen LogP contribution in [0, 0.1) is 0 Å². The van der Waals surface area contributed by atoms with Gasteiger partial charge in [0.2, 0.25) is 0 Å². The first-order valence-corrected chi connectivity index (χ1v) is 6.49. The van der Waals surface area contributed by atoms with E-state index in [0.29, 0.717) is 12.2 Å². The SMILES string of the molecule is COC(c1ccccc1)C(Cc1ccnc(N)c1)NN. The Balaban J connectivity index is 2.18. The number of aromatic nitrogens is 1. The number of benzene rings is 1. The number of anilines is 1. The first-order valence-electron chi connectivity index (χ1n) is 6.49. The summed E-state index contributed by atoms with van der Waals surface area (Å²) in [5.74, 6) is 6.20. The van der Waals surface area contributed by atoms with Crippen molar-refractivity contribution in [2.45, 2.75) is 18.6 Å². The summed E-state index contributed by atoms with van der Waals surface area (Å²) < 4.78 is 5.60. The number of hydrogen-bond donors (Lipinski definition) is 3. The molecule has 0 radical (unpaired) electrons. The summed E-state index contributed by atoms with van der Waals surface area (Å²) in [6.07, 6.45) is 2.27. The molecule has 2 unspecified atom stereocenters. The zero-order valence-corrected chi connectivity index (χ0v) is 11.5. The average Bonchev–Trinajstić information content (AvgIpc) is 2.48. The van der Waals surface area contributed by atoms with Crippen molar-refractivity contribution >= 4 is 5.82 Å². The van der Waals surface area contributed by atoms with Crippen LogP contribution in [0.1, 0.15) is 17.2 Å². The Morgan fingerprint density at radius 3 is 2.60 bits per heavy atom. The topological polar surface area (TPSA) is 86.2 Å². The lowest BCUT2D eigenvalue weighted by molar-refractivity contribution is 0.0679. The van der Waals surface area contributed by atoms with E-state index in [9.17, 15) is 0 Å². The smallest absolute Gasteiger partial charge is 0.123 e. The van der Waals surface area contributed by atoms with E-state index in [1.54, 1.807) is 13.3 Å². The summed E-state index contributed by atoms with van der Waals surface area (Å²) in [5, 5.41) is 0. The second-order valence-electron chi connectivity index (χ2n) is 4.63. The van der Waals surface area contributed by atoms with Gasteiger partial charge in [0.1, 0.15) is 5.82 Å². The predicted octanol–water partition coefficient (Wildman–Crippen LogP) is 1.43.